The highest BCUT2D eigenvalue weighted by Gasteiger charge is 2.28. The molecule has 0 bridgehead atoms. The van der Waals surface area contributed by atoms with Crippen molar-refractivity contribution in [1.82, 2.24) is 10.6 Å². The maximum absolute atomic E-state index is 5.59. The fourth-order valence-electron chi connectivity index (χ4n) is 3.08. The van der Waals surface area contributed by atoms with Gasteiger partial charge in [-0.25, -0.2) is 0 Å². The average molecular weight is 248 g/mol. The van der Waals surface area contributed by atoms with Gasteiger partial charge in [0.25, 0.3) is 0 Å². The van der Waals surface area contributed by atoms with Crippen LogP contribution in [-0.2, 0) is 0 Å². The van der Waals surface area contributed by atoms with E-state index in [1.165, 1.54) is 23.1 Å². The molecule has 2 rings (SSSR count). The smallest absolute Gasteiger partial charge is 0.124 e. The molecule has 2 N–H and O–H groups in total. The van der Waals surface area contributed by atoms with Gasteiger partial charge in [-0.05, 0) is 63.5 Å². The molecular weight excluding hydrogens is 224 g/mol. The van der Waals surface area contributed by atoms with Crippen LogP contribution in [0.1, 0.15) is 29.2 Å². The van der Waals surface area contributed by atoms with Gasteiger partial charge >= 0.3 is 0 Å². The molecule has 1 fully saturated rings. The van der Waals surface area contributed by atoms with Crippen LogP contribution in [0.2, 0.25) is 0 Å². The summed E-state index contributed by atoms with van der Waals surface area (Å²) in [5, 5.41) is 6.92. The Morgan fingerprint density at radius 2 is 2.17 bits per heavy atom. The molecule has 2 atom stereocenters. The second kappa shape index (κ2) is 5.72. The lowest BCUT2D eigenvalue weighted by Gasteiger charge is -2.26. The highest BCUT2D eigenvalue weighted by atomic mass is 16.5. The molecular formula is C15H24N2O. The van der Waals surface area contributed by atoms with Gasteiger partial charge in [0.05, 0.1) is 7.11 Å². The number of nitrogens with one attached hydrogen (secondary N) is 2. The van der Waals surface area contributed by atoms with E-state index in [0.717, 1.165) is 18.8 Å². The van der Waals surface area contributed by atoms with Gasteiger partial charge in [-0.3, -0.25) is 0 Å². The van der Waals surface area contributed by atoms with Gasteiger partial charge in [-0.15, -0.1) is 0 Å². The molecule has 1 aromatic rings. The monoisotopic (exact) mass is 248 g/mol. The standard InChI is InChI=1S/C15H24N2O/c1-10-7-11(2)14(13(8-10)18-4)15(16-3)12-5-6-17-9-12/h7-8,12,15-17H,5-6,9H2,1-4H3. The number of hydrogen-bond acceptors (Lipinski definition) is 3. The van der Waals surface area contributed by atoms with Crippen LogP contribution < -0.4 is 15.4 Å². The Hall–Kier alpha value is -1.06. The third-order valence-corrected chi connectivity index (χ3v) is 3.90. The number of rotatable bonds is 4. The van der Waals surface area contributed by atoms with E-state index in [2.05, 4.69) is 36.6 Å². The van der Waals surface area contributed by atoms with E-state index in [9.17, 15) is 0 Å². The van der Waals surface area contributed by atoms with E-state index in [0.29, 0.717) is 12.0 Å². The second-order valence-electron chi connectivity index (χ2n) is 5.22. The van der Waals surface area contributed by atoms with Gasteiger partial charge < -0.3 is 15.4 Å². The molecule has 3 nitrogen and oxygen atoms in total. The molecule has 1 heterocycles. The van der Waals surface area contributed by atoms with Crippen molar-refractivity contribution in [3.8, 4) is 5.75 Å². The van der Waals surface area contributed by atoms with Crippen molar-refractivity contribution in [1.29, 1.82) is 0 Å². The lowest BCUT2D eigenvalue weighted by molar-refractivity contribution is 0.368. The third kappa shape index (κ3) is 2.52. The lowest BCUT2D eigenvalue weighted by atomic mass is 9.88. The van der Waals surface area contributed by atoms with Gasteiger partial charge in [-0.1, -0.05) is 6.07 Å². The molecule has 0 amide bonds. The molecule has 2 unspecified atom stereocenters. The van der Waals surface area contributed by atoms with Gasteiger partial charge in [0.1, 0.15) is 5.75 Å². The fourth-order valence-corrected chi connectivity index (χ4v) is 3.08. The van der Waals surface area contributed by atoms with Crippen LogP contribution in [0.4, 0.5) is 0 Å². The second-order valence-corrected chi connectivity index (χ2v) is 5.22. The number of hydrogen-bond donors (Lipinski definition) is 2. The number of aryl methyl sites for hydroxylation is 2. The molecule has 1 saturated heterocycles. The maximum Gasteiger partial charge on any atom is 0.124 e. The largest absolute Gasteiger partial charge is 0.496 e. The summed E-state index contributed by atoms with van der Waals surface area (Å²) in [4.78, 5) is 0. The first-order chi connectivity index (χ1) is 8.67. The van der Waals surface area contributed by atoms with Crippen LogP contribution in [0.15, 0.2) is 12.1 Å². The first kappa shape index (κ1) is 13.4. The Labute approximate surface area is 110 Å². The van der Waals surface area contributed by atoms with Crippen molar-refractivity contribution in [2.24, 2.45) is 5.92 Å². The number of benzene rings is 1. The molecule has 18 heavy (non-hydrogen) atoms. The minimum atomic E-state index is 0.371. The molecule has 100 valence electrons. The number of ether oxygens (including phenoxy) is 1. The van der Waals surface area contributed by atoms with Crippen LogP contribution in [-0.4, -0.2) is 27.2 Å². The first-order valence-corrected chi connectivity index (χ1v) is 6.70. The molecule has 1 aromatic carbocycles. The fraction of sp³-hybridized carbons (Fsp3) is 0.600. The Kier molecular flexibility index (Phi) is 4.25. The molecule has 0 spiro atoms. The summed E-state index contributed by atoms with van der Waals surface area (Å²) in [6.07, 6.45) is 1.22. The summed E-state index contributed by atoms with van der Waals surface area (Å²) >= 11 is 0. The Bertz CT molecular complexity index is 411. The van der Waals surface area contributed by atoms with E-state index in [-0.39, 0.29) is 0 Å². The van der Waals surface area contributed by atoms with Crippen LogP contribution in [0.3, 0.4) is 0 Å². The molecule has 0 aliphatic carbocycles. The van der Waals surface area contributed by atoms with Crippen molar-refractivity contribution in [2.45, 2.75) is 26.3 Å². The van der Waals surface area contributed by atoms with Gasteiger partial charge in [0.15, 0.2) is 0 Å². The summed E-state index contributed by atoms with van der Waals surface area (Å²) in [7, 11) is 3.80. The Morgan fingerprint density at radius 3 is 2.72 bits per heavy atom. The lowest BCUT2D eigenvalue weighted by Crippen LogP contribution is -2.28. The minimum absolute atomic E-state index is 0.371. The van der Waals surface area contributed by atoms with Gasteiger partial charge in [0, 0.05) is 11.6 Å². The van der Waals surface area contributed by atoms with E-state index in [1.54, 1.807) is 7.11 Å². The Morgan fingerprint density at radius 1 is 1.39 bits per heavy atom. The van der Waals surface area contributed by atoms with E-state index >= 15 is 0 Å². The summed E-state index contributed by atoms with van der Waals surface area (Å²) < 4.78 is 5.59. The van der Waals surface area contributed by atoms with E-state index < -0.39 is 0 Å². The van der Waals surface area contributed by atoms with Crippen molar-refractivity contribution in [2.75, 3.05) is 27.2 Å². The SMILES string of the molecule is CNC(c1c(C)cc(C)cc1OC)C1CCNC1. The maximum atomic E-state index is 5.59. The van der Waals surface area contributed by atoms with Crippen molar-refractivity contribution < 1.29 is 4.74 Å². The molecule has 1 aliphatic rings. The van der Waals surface area contributed by atoms with Crippen molar-refractivity contribution in [3.05, 3.63) is 28.8 Å². The summed E-state index contributed by atoms with van der Waals surface area (Å²) in [5.74, 6) is 1.66. The predicted octanol–water partition coefficient (Wildman–Crippen LogP) is 2.18. The van der Waals surface area contributed by atoms with E-state index in [1.807, 2.05) is 7.05 Å². The molecule has 0 aromatic heterocycles. The van der Waals surface area contributed by atoms with E-state index in [4.69, 9.17) is 4.74 Å². The Balaban J connectivity index is 2.40. The van der Waals surface area contributed by atoms with Gasteiger partial charge in [-0.2, -0.15) is 0 Å². The highest BCUT2D eigenvalue weighted by Crippen LogP contribution is 2.35. The van der Waals surface area contributed by atoms with Crippen molar-refractivity contribution in [3.63, 3.8) is 0 Å². The van der Waals surface area contributed by atoms with Crippen LogP contribution in [0.25, 0.3) is 0 Å². The molecule has 3 heteroatoms. The molecule has 0 radical (unpaired) electrons. The highest BCUT2D eigenvalue weighted by molar-refractivity contribution is 5.45. The third-order valence-electron chi connectivity index (χ3n) is 3.90. The zero-order chi connectivity index (χ0) is 13.1. The van der Waals surface area contributed by atoms with Crippen LogP contribution >= 0.6 is 0 Å². The topological polar surface area (TPSA) is 33.3 Å². The summed E-state index contributed by atoms with van der Waals surface area (Å²) in [6, 6.07) is 4.75. The van der Waals surface area contributed by atoms with Gasteiger partial charge in [0.2, 0.25) is 0 Å². The summed E-state index contributed by atoms with van der Waals surface area (Å²) in [5.41, 5.74) is 3.89. The van der Waals surface area contributed by atoms with Crippen LogP contribution in [0.5, 0.6) is 5.75 Å². The number of methoxy groups -OCH3 is 1. The predicted molar refractivity (Wildman–Crippen MR) is 75.2 cm³/mol. The zero-order valence-corrected chi connectivity index (χ0v) is 11.8. The van der Waals surface area contributed by atoms with Crippen LogP contribution in [0, 0.1) is 19.8 Å². The summed E-state index contributed by atoms with van der Waals surface area (Å²) in [6.45, 7) is 6.50. The molecule has 1 aliphatic heterocycles. The average Bonchev–Trinajstić information content (AvgIpc) is 2.85. The molecule has 0 saturated carbocycles. The normalized spacial score (nSPS) is 21.0. The quantitative estimate of drug-likeness (QED) is 0.857. The zero-order valence-electron chi connectivity index (χ0n) is 11.8. The first-order valence-electron chi connectivity index (χ1n) is 6.70. The minimum Gasteiger partial charge on any atom is -0.496 e. The van der Waals surface area contributed by atoms with Crippen molar-refractivity contribution >= 4 is 0 Å².